The van der Waals surface area contributed by atoms with Gasteiger partial charge < -0.3 is 15.8 Å². The highest BCUT2D eigenvalue weighted by atomic mass is 19.1. The van der Waals surface area contributed by atoms with Crippen LogP contribution in [0, 0.1) is 17.3 Å². The number of allylic oxidation sites excluding steroid dienone is 3. The molecule has 1 aliphatic carbocycles. The summed E-state index contributed by atoms with van der Waals surface area (Å²) in [6.07, 6.45) is 6.38. The minimum absolute atomic E-state index is 0.165. The van der Waals surface area contributed by atoms with E-state index in [0.29, 0.717) is 32.0 Å². The summed E-state index contributed by atoms with van der Waals surface area (Å²) in [6.45, 7) is 4.35. The summed E-state index contributed by atoms with van der Waals surface area (Å²) in [5, 5.41) is 3.31. The van der Waals surface area contributed by atoms with Crippen molar-refractivity contribution in [2.24, 2.45) is 23.0 Å². The number of primary amides is 1. The van der Waals surface area contributed by atoms with Crippen LogP contribution in [-0.4, -0.2) is 37.9 Å². The molecule has 0 aromatic rings. The number of amides is 1. The third-order valence-corrected chi connectivity index (χ3v) is 6.18. The van der Waals surface area contributed by atoms with E-state index in [0.717, 1.165) is 38.4 Å². The average molecular weight is 354 g/mol. The SMILES string of the molecule is CC1(F)C=CC(F)=C(C(N)=O)C1C1(CC2CCOCC2)CCNCC1. The molecular formula is C19H28F2N2O2. The fraction of sp³-hybridized carbons (Fsp3) is 0.737. The number of alkyl halides is 1. The zero-order valence-corrected chi connectivity index (χ0v) is 14.8. The monoisotopic (exact) mass is 354 g/mol. The molecular weight excluding hydrogens is 326 g/mol. The lowest BCUT2D eigenvalue weighted by atomic mass is 9.56. The van der Waals surface area contributed by atoms with Gasteiger partial charge in [-0.15, -0.1) is 0 Å². The van der Waals surface area contributed by atoms with Crippen molar-refractivity contribution in [1.29, 1.82) is 0 Å². The number of rotatable bonds is 4. The van der Waals surface area contributed by atoms with Crippen LogP contribution in [0.25, 0.3) is 0 Å². The van der Waals surface area contributed by atoms with Crippen molar-refractivity contribution in [2.45, 2.75) is 44.7 Å². The van der Waals surface area contributed by atoms with E-state index >= 15 is 4.39 Å². The Morgan fingerprint density at radius 3 is 2.60 bits per heavy atom. The summed E-state index contributed by atoms with van der Waals surface area (Å²) >= 11 is 0. The van der Waals surface area contributed by atoms with Gasteiger partial charge in [0.2, 0.25) is 5.91 Å². The normalized spacial score (nSPS) is 33.5. The molecule has 2 fully saturated rings. The van der Waals surface area contributed by atoms with Gasteiger partial charge >= 0.3 is 0 Å². The molecule has 0 bridgehead atoms. The summed E-state index contributed by atoms with van der Waals surface area (Å²) in [5.41, 5.74) is 3.07. The van der Waals surface area contributed by atoms with Crippen LogP contribution in [0.5, 0.6) is 0 Å². The molecule has 6 heteroatoms. The highest BCUT2D eigenvalue weighted by Gasteiger charge is 2.54. The lowest BCUT2D eigenvalue weighted by molar-refractivity contribution is -0.117. The average Bonchev–Trinajstić information content (AvgIpc) is 2.58. The fourth-order valence-electron chi connectivity index (χ4n) is 5.07. The van der Waals surface area contributed by atoms with Gasteiger partial charge in [0.05, 0.1) is 5.57 Å². The van der Waals surface area contributed by atoms with Gasteiger partial charge in [-0.05, 0) is 75.6 Å². The van der Waals surface area contributed by atoms with Crippen LogP contribution in [0.1, 0.15) is 39.0 Å². The largest absolute Gasteiger partial charge is 0.381 e. The Labute approximate surface area is 147 Å². The number of piperidine rings is 1. The first-order valence-electron chi connectivity index (χ1n) is 9.22. The van der Waals surface area contributed by atoms with Crippen molar-refractivity contribution >= 4 is 5.91 Å². The van der Waals surface area contributed by atoms with Crippen LogP contribution in [0.3, 0.4) is 0 Å². The van der Waals surface area contributed by atoms with Crippen LogP contribution in [0.15, 0.2) is 23.6 Å². The first-order chi connectivity index (χ1) is 11.9. The van der Waals surface area contributed by atoms with E-state index in [1.165, 1.54) is 13.0 Å². The van der Waals surface area contributed by atoms with E-state index in [2.05, 4.69) is 5.32 Å². The Bertz CT molecular complexity index is 574. The van der Waals surface area contributed by atoms with E-state index in [1.807, 2.05) is 0 Å². The molecule has 0 spiro atoms. The molecule has 4 nitrogen and oxygen atoms in total. The van der Waals surface area contributed by atoms with E-state index in [-0.39, 0.29) is 5.57 Å². The van der Waals surface area contributed by atoms with Crippen molar-refractivity contribution in [1.82, 2.24) is 5.32 Å². The molecule has 1 amide bonds. The van der Waals surface area contributed by atoms with Gasteiger partial charge in [0.1, 0.15) is 11.5 Å². The highest BCUT2D eigenvalue weighted by molar-refractivity contribution is 5.94. The maximum absolute atomic E-state index is 15.6. The molecule has 25 heavy (non-hydrogen) atoms. The first kappa shape index (κ1) is 18.5. The minimum Gasteiger partial charge on any atom is -0.381 e. The van der Waals surface area contributed by atoms with Crippen LogP contribution < -0.4 is 11.1 Å². The molecule has 3 aliphatic rings. The van der Waals surface area contributed by atoms with Gasteiger partial charge in [-0.1, -0.05) is 0 Å². The van der Waals surface area contributed by atoms with Crippen LogP contribution in [0.4, 0.5) is 8.78 Å². The van der Waals surface area contributed by atoms with Crippen molar-refractivity contribution < 1.29 is 18.3 Å². The second-order valence-corrected chi connectivity index (χ2v) is 7.92. The lowest BCUT2D eigenvalue weighted by Crippen LogP contribution is -2.52. The van der Waals surface area contributed by atoms with Gasteiger partial charge in [-0.2, -0.15) is 0 Å². The zero-order valence-electron chi connectivity index (χ0n) is 14.8. The summed E-state index contributed by atoms with van der Waals surface area (Å²) in [6, 6.07) is 0. The van der Waals surface area contributed by atoms with Crippen molar-refractivity contribution in [3.63, 3.8) is 0 Å². The molecule has 0 aromatic carbocycles. The first-order valence-corrected chi connectivity index (χ1v) is 9.22. The van der Waals surface area contributed by atoms with Gasteiger partial charge in [0.25, 0.3) is 0 Å². The van der Waals surface area contributed by atoms with E-state index in [1.54, 1.807) is 0 Å². The number of hydrogen-bond donors (Lipinski definition) is 2. The van der Waals surface area contributed by atoms with Crippen molar-refractivity contribution in [2.75, 3.05) is 26.3 Å². The molecule has 140 valence electrons. The minimum atomic E-state index is -1.79. The molecule has 2 heterocycles. The Hall–Kier alpha value is -1.27. The Kier molecular flexibility index (Phi) is 5.30. The summed E-state index contributed by atoms with van der Waals surface area (Å²) < 4.78 is 35.5. The Morgan fingerprint density at radius 2 is 2.00 bits per heavy atom. The number of carbonyl (C=O) groups excluding carboxylic acids is 1. The molecule has 3 N–H and O–H groups in total. The smallest absolute Gasteiger partial charge is 0.248 e. The van der Waals surface area contributed by atoms with Crippen molar-refractivity contribution in [3.8, 4) is 0 Å². The predicted molar refractivity (Wildman–Crippen MR) is 92.2 cm³/mol. The van der Waals surface area contributed by atoms with E-state index in [9.17, 15) is 9.18 Å². The maximum Gasteiger partial charge on any atom is 0.248 e. The predicted octanol–water partition coefficient (Wildman–Crippen LogP) is 2.80. The topological polar surface area (TPSA) is 64.4 Å². The molecule has 2 atom stereocenters. The summed E-state index contributed by atoms with van der Waals surface area (Å²) in [7, 11) is 0. The number of hydrogen-bond acceptors (Lipinski definition) is 3. The van der Waals surface area contributed by atoms with Crippen LogP contribution >= 0.6 is 0 Å². The summed E-state index contributed by atoms with van der Waals surface area (Å²) in [4.78, 5) is 12.0. The number of nitrogens with one attached hydrogen (secondary N) is 1. The summed E-state index contributed by atoms with van der Waals surface area (Å²) in [5.74, 6) is -1.96. The third-order valence-electron chi connectivity index (χ3n) is 6.18. The molecule has 2 unspecified atom stereocenters. The fourth-order valence-corrected chi connectivity index (χ4v) is 5.07. The maximum atomic E-state index is 15.6. The van der Waals surface area contributed by atoms with Gasteiger partial charge in [0, 0.05) is 19.1 Å². The lowest BCUT2D eigenvalue weighted by Gasteiger charge is -2.51. The Balaban J connectivity index is 2.00. The third kappa shape index (κ3) is 3.65. The molecule has 0 saturated carbocycles. The van der Waals surface area contributed by atoms with Crippen LogP contribution in [-0.2, 0) is 9.53 Å². The molecule has 0 radical (unpaired) electrons. The molecule has 2 saturated heterocycles. The number of carbonyl (C=O) groups is 1. The standard InChI is InChI=1S/C19H28F2N2O2/c1-18(21)5-2-14(20)15(17(22)24)16(18)19(6-8-23-9-7-19)12-13-3-10-25-11-4-13/h2,5,13,16,23H,3-4,6-12H2,1H3,(H2,22,24). The highest BCUT2D eigenvalue weighted by Crippen LogP contribution is 2.54. The zero-order chi connectivity index (χ0) is 18.1. The second-order valence-electron chi connectivity index (χ2n) is 7.92. The number of nitrogens with two attached hydrogens (primary N) is 1. The van der Waals surface area contributed by atoms with E-state index in [4.69, 9.17) is 10.5 Å². The molecule has 0 aromatic heterocycles. The van der Waals surface area contributed by atoms with Crippen molar-refractivity contribution in [3.05, 3.63) is 23.6 Å². The van der Waals surface area contributed by atoms with Crippen LogP contribution in [0.2, 0.25) is 0 Å². The van der Waals surface area contributed by atoms with Gasteiger partial charge in [0.15, 0.2) is 0 Å². The second kappa shape index (κ2) is 7.16. The van der Waals surface area contributed by atoms with Gasteiger partial charge in [-0.25, -0.2) is 8.78 Å². The number of halogens is 2. The molecule has 3 rings (SSSR count). The number of ether oxygens (including phenoxy) is 1. The van der Waals surface area contributed by atoms with E-state index < -0.39 is 28.7 Å². The van der Waals surface area contributed by atoms with Gasteiger partial charge in [-0.3, -0.25) is 4.79 Å². The Morgan fingerprint density at radius 1 is 1.36 bits per heavy atom. The quantitative estimate of drug-likeness (QED) is 0.816. The molecule has 2 aliphatic heterocycles.